The first-order valence-electron chi connectivity index (χ1n) is 9.15. The second-order valence-corrected chi connectivity index (χ2v) is 8.70. The van der Waals surface area contributed by atoms with E-state index in [9.17, 15) is 8.42 Å². The van der Waals surface area contributed by atoms with Gasteiger partial charge in [-0.1, -0.05) is 53.6 Å². The SMILES string of the molecule is Cc1ccc(S(=O)(=O)c2nc(-c3cccc(C)c3)oc2Nc2ccccc2)cc1. The first-order chi connectivity index (χ1) is 13.9. The fourth-order valence-electron chi connectivity index (χ4n) is 2.95. The molecule has 146 valence electrons. The number of sulfone groups is 1. The molecule has 0 aliphatic carbocycles. The van der Waals surface area contributed by atoms with Crippen LogP contribution in [0, 0.1) is 13.8 Å². The predicted molar refractivity (Wildman–Crippen MR) is 113 cm³/mol. The molecule has 4 aromatic rings. The zero-order valence-corrected chi connectivity index (χ0v) is 16.9. The first-order valence-corrected chi connectivity index (χ1v) is 10.6. The smallest absolute Gasteiger partial charge is 0.238 e. The molecule has 0 atom stereocenters. The normalized spacial score (nSPS) is 11.4. The third-order valence-electron chi connectivity index (χ3n) is 4.48. The van der Waals surface area contributed by atoms with Crippen molar-refractivity contribution in [2.24, 2.45) is 0 Å². The monoisotopic (exact) mass is 404 g/mol. The highest BCUT2D eigenvalue weighted by Crippen LogP contribution is 2.34. The molecule has 3 aromatic carbocycles. The van der Waals surface area contributed by atoms with Crippen LogP contribution in [0.4, 0.5) is 11.6 Å². The van der Waals surface area contributed by atoms with Gasteiger partial charge in [-0.3, -0.25) is 0 Å². The second-order valence-electron chi connectivity index (χ2n) is 6.83. The summed E-state index contributed by atoms with van der Waals surface area (Å²) in [6.45, 7) is 3.87. The first kappa shape index (κ1) is 19.0. The minimum Gasteiger partial charge on any atom is -0.419 e. The van der Waals surface area contributed by atoms with Gasteiger partial charge < -0.3 is 9.73 Å². The molecule has 0 aliphatic heterocycles. The molecule has 0 spiro atoms. The summed E-state index contributed by atoms with van der Waals surface area (Å²) in [5, 5.41) is 2.92. The molecule has 4 rings (SSSR count). The third-order valence-corrected chi connectivity index (χ3v) is 6.16. The van der Waals surface area contributed by atoms with E-state index in [1.165, 1.54) is 0 Å². The summed E-state index contributed by atoms with van der Waals surface area (Å²) in [6.07, 6.45) is 0. The Kier molecular flexibility index (Phi) is 4.94. The van der Waals surface area contributed by atoms with Crippen molar-refractivity contribution >= 4 is 21.4 Å². The highest BCUT2D eigenvalue weighted by Gasteiger charge is 2.28. The van der Waals surface area contributed by atoms with E-state index in [0.717, 1.165) is 11.1 Å². The van der Waals surface area contributed by atoms with Crippen LogP contribution in [0.5, 0.6) is 0 Å². The lowest BCUT2D eigenvalue weighted by atomic mass is 10.1. The predicted octanol–water partition coefficient (Wildman–Crippen LogP) is 5.53. The number of para-hydroxylation sites is 1. The van der Waals surface area contributed by atoms with Crippen LogP contribution >= 0.6 is 0 Å². The third kappa shape index (κ3) is 3.93. The highest BCUT2D eigenvalue weighted by atomic mass is 32.2. The summed E-state index contributed by atoms with van der Waals surface area (Å²) in [7, 11) is -3.87. The van der Waals surface area contributed by atoms with Crippen LogP contribution in [-0.2, 0) is 9.84 Å². The molecule has 0 unspecified atom stereocenters. The van der Waals surface area contributed by atoms with Gasteiger partial charge in [-0.2, -0.15) is 4.98 Å². The Morgan fingerprint density at radius 2 is 1.55 bits per heavy atom. The van der Waals surface area contributed by atoms with E-state index in [2.05, 4.69) is 10.3 Å². The Bertz CT molecular complexity index is 1250. The van der Waals surface area contributed by atoms with Crippen molar-refractivity contribution in [1.29, 1.82) is 0 Å². The second kappa shape index (κ2) is 7.56. The Labute approximate surface area is 170 Å². The zero-order valence-electron chi connectivity index (χ0n) is 16.1. The van der Waals surface area contributed by atoms with E-state index in [0.29, 0.717) is 11.3 Å². The lowest BCUT2D eigenvalue weighted by Gasteiger charge is -2.06. The molecule has 1 heterocycles. The number of oxazole rings is 1. The van der Waals surface area contributed by atoms with Gasteiger partial charge in [-0.25, -0.2) is 8.42 Å². The summed E-state index contributed by atoms with van der Waals surface area (Å²) in [5.41, 5.74) is 3.43. The van der Waals surface area contributed by atoms with Crippen molar-refractivity contribution in [3.8, 4) is 11.5 Å². The molecular formula is C23H20N2O3S. The van der Waals surface area contributed by atoms with E-state index < -0.39 is 9.84 Å². The van der Waals surface area contributed by atoms with Crippen molar-refractivity contribution in [3.05, 3.63) is 90.0 Å². The quantitative estimate of drug-likeness (QED) is 0.473. The molecule has 6 heteroatoms. The van der Waals surface area contributed by atoms with Crippen LogP contribution in [0.15, 0.2) is 93.2 Å². The summed E-state index contributed by atoms with van der Waals surface area (Å²) in [6, 6.07) is 23.5. The van der Waals surface area contributed by atoms with Crippen molar-refractivity contribution in [3.63, 3.8) is 0 Å². The van der Waals surface area contributed by atoms with Gasteiger partial charge in [0, 0.05) is 11.3 Å². The van der Waals surface area contributed by atoms with Gasteiger partial charge in [0.25, 0.3) is 0 Å². The number of nitrogens with zero attached hydrogens (tertiary/aromatic N) is 1. The van der Waals surface area contributed by atoms with Crippen LogP contribution in [-0.4, -0.2) is 13.4 Å². The Hall–Kier alpha value is -3.38. The lowest BCUT2D eigenvalue weighted by Crippen LogP contribution is -2.05. The molecule has 1 N–H and O–H groups in total. The lowest BCUT2D eigenvalue weighted by molar-refractivity contribution is 0.582. The van der Waals surface area contributed by atoms with E-state index in [4.69, 9.17) is 4.42 Å². The molecule has 0 amide bonds. The topological polar surface area (TPSA) is 72.2 Å². The van der Waals surface area contributed by atoms with Gasteiger partial charge in [0.05, 0.1) is 4.90 Å². The molecule has 5 nitrogen and oxygen atoms in total. The van der Waals surface area contributed by atoms with E-state index in [-0.39, 0.29) is 21.7 Å². The molecule has 0 radical (unpaired) electrons. The van der Waals surface area contributed by atoms with Crippen molar-refractivity contribution < 1.29 is 12.8 Å². The van der Waals surface area contributed by atoms with Crippen LogP contribution < -0.4 is 5.32 Å². The largest absolute Gasteiger partial charge is 0.419 e. The molecule has 0 saturated heterocycles. The van der Waals surface area contributed by atoms with Crippen molar-refractivity contribution in [2.75, 3.05) is 5.32 Å². The van der Waals surface area contributed by atoms with Gasteiger partial charge in [0.15, 0.2) is 0 Å². The van der Waals surface area contributed by atoms with Crippen LogP contribution in [0.2, 0.25) is 0 Å². The van der Waals surface area contributed by atoms with E-state index >= 15 is 0 Å². The summed E-state index contributed by atoms with van der Waals surface area (Å²) in [5.74, 6) is 0.339. The average Bonchev–Trinajstić information content (AvgIpc) is 3.14. The minimum absolute atomic E-state index is 0.0910. The maximum atomic E-state index is 13.3. The molecule has 0 aliphatic rings. The molecule has 29 heavy (non-hydrogen) atoms. The number of aryl methyl sites for hydroxylation is 2. The average molecular weight is 404 g/mol. The van der Waals surface area contributed by atoms with Crippen LogP contribution in [0.3, 0.4) is 0 Å². The Balaban J connectivity index is 1.85. The van der Waals surface area contributed by atoms with Crippen LogP contribution in [0.1, 0.15) is 11.1 Å². The number of nitrogens with one attached hydrogen (secondary N) is 1. The van der Waals surface area contributed by atoms with Crippen molar-refractivity contribution in [1.82, 2.24) is 4.98 Å². The number of aromatic nitrogens is 1. The summed E-state index contributed by atoms with van der Waals surface area (Å²) < 4.78 is 32.5. The minimum atomic E-state index is -3.87. The van der Waals surface area contributed by atoms with E-state index in [1.807, 2.05) is 68.4 Å². The summed E-state index contributed by atoms with van der Waals surface area (Å²) in [4.78, 5) is 4.54. The maximum Gasteiger partial charge on any atom is 0.238 e. The molecular weight excluding hydrogens is 384 g/mol. The van der Waals surface area contributed by atoms with Gasteiger partial charge >= 0.3 is 0 Å². The summed E-state index contributed by atoms with van der Waals surface area (Å²) >= 11 is 0. The van der Waals surface area contributed by atoms with Gasteiger partial charge in [0.1, 0.15) is 0 Å². The molecule has 0 saturated carbocycles. The van der Waals surface area contributed by atoms with E-state index in [1.54, 1.807) is 24.3 Å². The number of benzene rings is 3. The fraction of sp³-hybridized carbons (Fsp3) is 0.0870. The van der Waals surface area contributed by atoms with Crippen LogP contribution in [0.25, 0.3) is 11.5 Å². The Morgan fingerprint density at radius 3 is 2.24 bits per heavy atom. The van der Waals surface area contributed by atoms with Gasteiger partial charge in [-0.05, 0) is 50.2 Å². The molecule has 0 fully saturated rings. The zero-order chi connectivity index (χ0) is 20.4. The number of rotatable bonds is 5. The van der Waals surface area contributed by atoms with Gasteiger partial charge in [-0.15, -0.1) is 0 Å². The molecule has 0 bridgehead atoms. The molecule has 1 aromatic heterocycles. The fourth-order valence-corrected chi connectivity index (χ4v) is 4.21. The van der Waals surface area contributed by atoms with Crippen molar-refractivity contribution in [2.45, 2.75) is 23.8 Å². The highest BCUT2D eigenvalue weighted by molar-refractivity contribution is 7.91. The van der Waals surface area contributed by atoms with Gasteiger partial charge in [0.2, 0.25) is 26.6 Å². The standard InChI is InChI=1S/C23H20N2O3S/c1-16-11-13-20(14-12-16)29(26,27)23-22(24-19-9-4-3-5-10-19)28-21(25-23)18-8-6-7-17(2)15-18/h3-15,24H,1-2H3. The maximum absolute atomic E-state index is 13.3. The number of anilines is 2. The Morgan fingerprint density at radius 1 is 0.828 bits per heavy atom. The number of hydrogen-bond donors (Lipinski definition) is 1. The number of hydrogen-bond acceptors (Lipinski definition) is 5.